The van der Waals surface area contributed by atoms with Crippen molar-refractivity contribution in [3.8, 4) is 0 Å². The fraction of sp³-hybridized carbons (Fsp3) is 0.900. The summed E-state index contributed by atoms with van der Waals surface area (Å²) in [7, 11) is 0. The Morgan fingerprint density at radius 2 is 2.21 bits per heavy atom. The lowest BCUT2D eigenvalue weighted by atomic mass is 9.97. The molecule has 0 amide bonds. The molecule has 1 aliphatic rings. The zero-order chi connectivity index (χ0) is 10.8. The van der Waals surface area contributed by atoms with Crippen LogP contribution in [-0.2, 0) is 14.3 Å². The van der Waals surface area contributed by atoms with Gasteiger partial charge in [0, 0.05) is 13.0 Å². The molecule has 1 unspecified atom stereocenters. The molecule has 0 spiro atoms. The lowest BCUT2D eigenvalue weighted by Gasteiger charge is -2.34. The summed E-state index contributed by atoms with van der Waals surface area (Å²) in [5.41, 5.74) is -0.951. The molecule has 14 heavy (non-hydrogen) atoms. The SMILES string of the molecule is CC(C)(C)OC1(CC(=O)O)CCOC1. The fourth-order valence-electron chi connectivity index (χ4n) is 1.77. The molecule has 0 aromatic carbocycles. The quantitative estimate of drug-likeness (QED) is 0.752. The Morgan fingerprint density at radius 1 is 1.57 bits per heavy atom. The van der Waals surface area contributed by atoms with Gasteiger partial charge in [-0.15, -0.1) is 0 Å². The normalized spacial score (nSPS) is 27.9. The standard InChI is InChI=1S/C10H18O4/c1-9(2,3)14-10(6-8(11)12)4-5-13-7-10/h4-7H2,1-3H3,(H,11,12). The third-order valence-electron chi connectivity index (χ3n) is 2.06. The average Bonchev–Trinajstić information content (AvgIpc) is 2.30. The first-order valence-corrected chi connectivity index (χ1v) is 4.83. The van der Waals surface area contributed by atoms with Crippen LogP contribution in [0.2, 0.25) is 0 Å². The van der Waals surface area contributed by atoms with E-state index in [1.54, 1.807) is 0 Å². The van der Waals surface area contributed by atoms with E-state index in [0.29, 0.717) is 19.6 Å². The Hall–Kier alpha value is -0.610. The van der Waals surface area contributed by atoms with Gasteiger partial charge in [0.25, 0.3) is 0 Å². The van der Waals surface area contributed by atoms with Crippen molar-refractivity contribution in [1.29, 1.82) is 0 Å². The largest absolute Gasteiger partial charge is 0.481 e. The molecule has 1 saturated heterocycles. The van der Waals surface area contributed by atoms with Gasteiger partial charge in [-0.3, -0.25) is 4.79 Å². The summed E-state index contributed by atoms with van der Waals surface area (Å²) in [5.74, 6) is -0.834. The molecule has 0 aromatic rings. The molecule has 4 heteroatoms. The van der Waals surface area contributed by atoms with Gasteiger partial charge in [-0.25, -0.2) is 0 Å². The van der Waals surface area contributed by atoms with Crippen molar-refractivity contribution in [2.75, 3.05) is 13.2 Å². The third-order valence-corrected chi connectivity index (χ3v) is 2.06. The molecule has 1 fully saturated rings. The molecule has 0 bridgehead atoms. The number of rotatable bonds is 3. The second kappa shape index (κ2) is 3.87. The Kier molecular flexibility index (Phi) is 3.17. The average molecular weight is 202 g/mol. The van der Waals surface area contributed by atoms with Gasteiger partial charge in [0.15, 0.2) is 0 Å². The summed E-state index contributed by atoms with van der Waals surface area (Å²) >= 11 is 0. The zero-order valence-corrected chi connectivity index (χ0v) is 9.00. The summed E-state index contributed by atoms with van der Waals surface area (Å²) in [4.78, 5) is 10.7. The third kappa shape index (κ3) is 3.27. The number of hydrogen-bond acceptors (Lipinski definition) is 3. The van der Waals surface area contributed by atoms with Gasteiger partial charge in [0.05, 0.1) is 18.6 Å². The second-order valence-electron chi connectivity index (χ2n) is 4.77. The highest BCUT2D eigenvalue weighted by atomic mass is 16.6. The molecule has 0 saturated carbocycles. The Labute approximate surface area is 84.2 Å². The van der Waals surface area contributed by atoms with Crippen LogP contribution in [0.1, 0.15) is 33.6 Å². The summed E-state index contributed by atoms with van der Waals surface area (Å²) in [6.45, 7) is 6.75. The van der Waals surface area contributed by atoms with Gasteiger partial charge >= 0.3 is 5.97 Å². The van der Waals surface area contributed by atoms with Gasteiger partial charge in [0.2, 0.25) is 0 Å². The van der Waals surface area contributed by atoms with Crippen LogP contribution in [0.3, 0.4) is 0 Å². The van der Waals surface area contributed by atoms with Crippen LogP contribution in [0.15, 0.2) is 0 Å². The van der Waals surface area contributed by atoms with E-state index < -0.39 is 11.6 Å². The van der Waals surface area contributed by atoms with Gasteiger partial charge in [0.1, 0.15) is 5.60 Å². The molecule has 0 radical (unpaired) electrons. The van der Waals surface area contributed by atoms with Gasteiger partial charge < -0.3 is 14.6 Å². The first-order chi connectivity index (χ1) is 6.33. The zero-order valence-electron chi connectivity index (χ0n) is 9.00. The number of hydrogen-bond donors (Lipinski definition) is 1. The predicted molar refractivity (Wildman–Crippen MR) is 51.3 cm³/mol. The number of carboxylic acid groups (broad SMARTS) is 1. The van der Waals surface area contributed by atoms with E-state index in [4.69, 9.17) is 14.6 Å². The fourth-order valence-corrected chi connectivity index (χ4v) is 1.77. The minimum absolute atomic E-state index is 0.0181. The molecule has 1 atom stereocenters. The molecule has 0 aliphatic carbocycles. The van der Waals surface area contributed by atoms with Gasteiger partial charge in [-0.2, -0.15) is 0 Å². The van der Waals surface area contributed by atoms with Crippen LogP contribution < -0.4 is 0 Å². The van der Waals surface area contributed by atoms with Crippen molar-refractivity contribution in [1.82, 2.24) is 0 Å². The van der Waals surface area contributed by atoms with Crippen molar-refractivity contribution in [3.05, 3.63) is 0 Å². The Balaban J connectivity index is 2.67. The Bertz CT molecular complexity index is 211. The van der Waals surface area contributed by atoms with Crippen molar-refractivity contribution in [2.24, 2.45) is 0 Å². The second-order valence-corrected chi connectivity index (χ2v) is 4.77. The number of carboxylic acids is 1. The molecule has 0 aromatic heterocycles. The van der Waals surface area contributed by atoms with Crippen molar-refractivity contribution in [2.45, 2.75) is 44.8 Å². The Morgan fingerprint density at radius 3 is 2.57 bits per heavy atom. The number of carbonyl (C=O) groups is 1. The number of aliphatic carboxylic acids is 1. The highest BCUT2D eigenvalue weighted by molar-refractivity contribution is 5.68. The highest BCUT2D eigenvalue weighted by Gasteiger charge is 2.41. The van der Waals surface area contributed by atoms with Crippen LogP contribution >= 0.6 is 0 Å². The maximum absolute atomic E-state index is 10.7. The van der Waals surface area contributed by atoms with Crippen LogP contribution in [-0.4, -0.2) is 35.5 Å². The monoisotopic (exact) mass is 202 g/mol. The molecule has 4 nitrogen and oxygen atoms in total. The summed E-state index contributed by atoms with van der Waals surface area (Å²) in [6.07, 6.45) is 0.681. The van der Waals surface area contributed by atoms with Crippen LogP contribution in [0.5, 0.6) is 0 Å². The van der Waals surface area contributed by atoms with Crippen LogP contribution in [0.4, 0.5) is 0 Å². The molecule has 1 aliphatic heterocycles. The van der Waals surface area contributed by atoms with Gasteiger partial charge in [-0.1, -0.05) is 0 Å². The topological polar surface area (TPSA) is 55.8 Å². The van der Waals surface area contributed by atoms with E-state index in [-0.39, 0.29) is 12.0 Å². The first-order valence-electron chi connectivity index (χ1n) is 4.83. The molecule has 1 heterocycles. The minimum atomic E-state index is -0.834. The summed E-state index contributed by atoms with van der Waals surface area (Å²) in [6, 6.07) is 0. The minimum Gasteiger partial charge on any atom is -0.481 e. The van der Waals surface area contributed by atoms with E-state index in [1.165, 1.54) is 0 Å². The van der Waals surface area contributed by atoms with E-state index in [0.717, 1.165) is 0 Å². The molecule has 1 rings (SSSR count). The van der Waals surface area contributed by atoms with E-state index in [2.05, 4.69) is 0 Å². The van der Waals surface area contributed by atoms with E-state index in [1.807, 2.05) is 20.8 Å². The van der Waals surface area contributed by atoms with Crippen LogP contribution in [0, 0.1) is 0 Å². The molecular weight excluding hydrogens is 184 g/mol. The summed E-state index contributed by atoms with van der Waals surface area (Å²) < 4.78 is 11.0. The van der Waals surface area contributed by atoms with Crippen molar-refractivity contribution in [3.63, 3.8) is 0 Å². The maximum atomic E-state index is 10.7. The summed E-state index contributed by atoms with van der Waals surface area (Å²) in [5, 5.41) is 8.80. The maximum Gasteiger partial charge on any atom is 0.306 e. The molecule has 82 valence electrons. The van der Waals surface area contributed by atoms with E-state index in [9.17, 15) is 4.79 Å². The highest BCUT2D eigenvalue weighted by Crippen LogP contribution is 2.31. The van der Waals surface area contributed by atoms with E-state index >= 15 is 0 Å². The van der Waals surface area contributed by atoms with Crippen molar-refractivity contribution < 1.29 is 19.4 Å². The lowest BCUT2D eigenvalue weighted by molar-refractivity contribution is -0.161. The predicted octanol–water partition coefficient (Wildman–Crippen LogP) is 1.44. The molecular formula is C10H18O4. The molecule has 1 N–H and O–H groups in total. The lowest BCUT2D eigenvalue weighted by Crippen LogP contribution is -2.42. The first kappa shape index (κ1) is 11.5. The van der Waals surface area contributed by atoms with Crippen LogP contribution in [0.25, 0.3) is 0 Å². The van der Waals surface area contributed by atoms with Crippen molar-refractivity contribution >= 4 is 5.97 Å². The van der Waals surface area contributed by atoms with Gasteiger partial charge in [-0.05, 0) is 20.8 Å². The number of ether oxygens (including phenoxy) is 2. The smallest absolute Gasteiger partial charge is 0.306 e.